The van der Waals surface area contributed by atoms with Gasteiger partial charge >= 0.3 is 0 Å². The molecule has 0 bridgehead atoms. The van der Waals surface area contributed by atoms with Crippen LogP contribution in [-0.4, -0.2) is 17.3 Å². The average Bonchev–Trinajstić information content (AvgIpc) is 3.32. The molecule has 124 valence electrons. The Hall–Kier alpha value is -2.14. The van der Waals surface area contributed by atoms with E-state index in [2.05, 4.69) is 11.0 Å². The van der Waals surface area contributed by atoms with Gasteiger partial charge in [0.2, 0.25) is 0 Å². The first-order valence-corrected chi connectivity index (χ1v) is 9.33. The molecule has 2 aromatic rings. The van der Waals surface area contributed by atoms with Crippen LogP contribution in [0.3, 0.4) is 0 Å². The van der Waals surface area contributed by atoms with E-state index in [1.54, 1.807) is 6.26 Å². The number of Topliss-reactive ketones (excluding diaryl/α,β-unsaturated/α-hetero) is 1. The highest BCUT2D eigenvalue weighted by Crippen LogP contribution is 2.38. The van der Waals surface area contributed by atoms with Gasteiger partial charge in [-0.2, -0.15) is 0 Å². The van der Waals surface area contributed by atoms with Gasteiger partial charge in [0.05, 0.1) is 6.26 Å². The molecule has 1 fully saturated rings. The number of carbonyl (C=O) groups excluding carboxylic acids is 1. The molecule has 0 radical (unpaired) electrons. The van der Waals surface area contributed by atoms with Crippen molar-refractivity contribution in [3.63, 3.8) is 0 Å². The fourth-order valence-electron chi connectivity index (χ4n) is 3.34. The van der Waals surface area contributed by atoms with Crippen LogP contribution in [0, 0.1) is 5.92 Å². The summed E-state index contributed by atoms with van der Waals surface area (Å²) in [5.74, 6) is 1.05. The first-order chi connectivity index (χ1) is 11.8. The van der Waals surface area contributed by atoms with Gasteiger partial charge in [0.1, 0.15) is 10.6 Å². The summed E-state index contributed by atoms with van der Waals surface area (Å²) < 4.78 is 5.54. The second kappa shape index (κ2) is 6.77. The number of carbonyl (C=O) groups is 1. The van der Waals surface area contributed by atoms with Gasteiger partial charge in [-0.1, -0.05) is 42.8 Å². The summed E-state index contributed by atoms with van der Waals surface area (Å²) >= 11 is 1.49. The molecule has 0 saturated heterocycles. The minimum atomic E-state index is 0.137. The number of hydrogen-bond acceptors (Lipinski definition) is 5. The van der Waals surface area contributed by atoms with Gasteiger partial charge in [0.15, 0.2) is 16.7 Å². The Morgan fingerprint density at radius 1 is 1.25 bits per heavy atom. The molecule has 0 atom stereocenters. The van der Waals surface area contributed by atoms with E-state index < -0.39 is 0 Å². The number of anilines is 1. The van der Waals surface area contributed by atoms with E-state index in [-0.39, 0.29) is 11.7 Å². The molecule has 4 nitrogen and oxygen atoms in total. The molecule has 5 heteroatoms. The number of thiazole rings is 1. The molecule has 2 aromatic heterocycles. The van der Waals surface area contributed by atoms with Crippen LogP contribution in [0.2, 0.25) is 0 Å². The minimum Gasteiger partial charge on any atom is -0.463 e. The molecule has 1 aliphatic carbocycles. The topological polar surface area (TPSA) is 46.3 Å². The molecule has 0 amide bonds. The predicted octanol–water partition coefficient (Wildman–Crippen LogP) is 5.06. The Labute approximate surface area is 145 Å². The summed E-state index contributed by atoms with van der Waals surface area (Å²) in [6.07, 6.45) is 15.3. The molecular formula is C19H20N2O2S. The summed E-state index contributed by atoms with van der Waals surface area (Å²) in [6, 6.07) is 3.72. The third-order valence-corrected chi connectivity index (χ3v) is 5.74. The fraction of sp³-hybridized carbons (Fsp3) is 0.368. The van der Waals surface area contributed by atoms with Crippen LogP contribution in [-0.2, 0) is 0 Å². The molecule has 3 heterocycles. The van der Waals surface area contributed by atoms with E-state index in [4.69, 9.17) is 9.40 Å². The van der Waals surface area contributed by atoms with Gasteiger partial charge in [0.25, 0.3) is 0 Å². The zero-order valence-corrected chi connectivity index (χ0v) is 14.3. The second-order valence-corrected chi connectivity index (χ2v) is 7.25. The number of rotatable bonds is 4. The lowest BCUT2D eigenvalue weighted by Gasteiger charge is -2.19. The highest BCUT2D eigenvalue weighted by Gasteiger charge is 2.29. The predicted molar refractivity (Wildman–Crippen MR) is 96.3 cm³/mol. The van der Waals surface area contributed by atoms with Gasteiger partial charge in [0, 0.05) is 18.7 Å². The zero-order valence-electron chi connectivity index (χ0n) is 13.5. The zero-order chi connectivity index (χ0) is 16.4. The molecule has 0 spiro atoms. The normalized spacial score (nSPS) is 18.2. The van der Waals surface area contributed by atoms with Crippen molar-refractivity contribution < 1.29 is 9.21 Å². The summed E-state index contributed by atoms with van der Waals surface area (Å²) in [5, 5.41) is 0.848. The third-order valence-electron chi connectivity index (χ3n) is 4.63. The largest absolute Gasteiger partial charge is 0.463 e. The lowest BCUT2D eigenvalue weighted by Crippen LogP contribution is -2.17. The van der Waals surface area contributed by atoms with E-state index in [0.29, 0.717) is 11.5 Å². The number of allylic oxidation sites excluding steroid dienone is 2. The van der Waals surface area contributed by atoms with Crippen LogP contribution in [0.4, 0.5) is 5.13 Å². The Balaban J connectivity index is 1.70. The Morgan fingerprint density at radius 2 is 2.12 bits per heavy atom. The van der Waals surface area contributed by atoms with Crippen molar-refractivity contribution in [2.45, 2.75) is 32.1 Å². The van der Waals surface area contributed by atoms with E-state index in [1.807, 2.05) is 30.5 Å². The maximum Gasteiger partial charge on any atom is 0.191 e. The molecule has 24 heavy (non-hydrogen) atoms. The van der Waals surface area contributed by atoms with Gasteiger partial charge in [-0.25, -0.2) is 4.98 Å². The molecule has 2 aliphatic rings. The second-order valence-electron chi connectivity index (χ2n) is 6.27. The number of hydrogen-bond donors (Lipinski definition) is 0. The number of nitrogens with zero attached hydrogens (tertiary/aromatic N) is 2. The van der Waals surface area contributed by atoms with E-state index in [1.165, 1.54) is 17.8 Å². The first kappa shape index (κ1) is 15.4. The summed E-state index contributed by atoms with van der Waals surface area (Å²) in [5.41, 5.74) is 0.693. The molecular weight excluding hydrogens is 320 g/mol. The molecule has 1 saturated carbocycles. The minimum absolute atomic E-state index is 0.137. The van der Waals surface area contributed by atoms with E-state index in [9.17, 15) is 4.79 Å². The summed E-state index contributed by atoms with van der Waals surface area (Å²) in [7, 11) is 0. The van der Waals surface area contributed by atoms with E-state index in [0.717, 1.165) is 42.2 Å². The summed E-state index contributed by atoms with van der Waals surface area (Å²) in [6.45, 7) is 0.776. The van der Waals surface area contributed by atoms with Gasteiger partial charge in [-0.3, -0.25) is 4.79 Å². The summed E-state index contributed by atoms with van der Waals surface area (Å²) in [4.78, 5) is 20.6. The van der Waals surface area contributed by atoms with Gasteiger partial charge in [-0.15, -0.1) is 0 Å². The fourth-order valence-corrected chi connectivity index (χ4v) is 4.42. The van der Waals surface area contributed by atoms with Crippen molar-refractivity contribution in [3.05, 3.63) is 47.7 Å². The smallest absolute Gasteiger partial charge is 0.191 e. The van der Waals surface area contributed by atoms with Crippen LogP contribution in [0.25, 0.3) is 11.5 Å². The lowest BCUT2D eigenvalue weighted by molar-refractivity contribution is 0.0894. The monoisotopic (exact) mass is 340 g/mol. The number of ketones is 1. The SMILES string of the molecule is O=C(c1sc(N2C=CC=CC2)nc1-c1ccco1)C1CCCCC1. The standard InChI is InChI=1S/C19H20N2O2S/c22-17(14-8-3-1-4-9-14)18-16(15-10-7-13-23-15)20-19(24-18)21-11-5-2-6-12-21/h2,5-7,10-11,13-14H,1,3-4,8-9,12H2. The van der Waals surface area contributed by atoms with Crippen molar-refractivity contribution in [1.29, 1.82) is 0 Å². The van der Waals surface area contributed by atoms with Gasteiger partial charge in [-0.05, 0) is 31.1 Å². The molecule has 0 unspecified atom stereocenters. The maximum absolute atomic E-state index is 13.1. The Kier molecular flexibility index (Phi) is 4.34. The molecule has 0 aromatic carbocycles. The molecule has 0 N–H and O–H groups in total. The van der Waals surface area contributed by atoms with Crippen molar-refractivity contribution >= 4 is 22.3 Å². The van der Waals surface area contributed by atoms with Crippen LogP contribution in [0.1, 0.15) is 41.8 Å². The van der Waals surface area contributed by atoms with Gasteiger partial charge < -0.3 is 9.32 Å². The third kappa shape index (κ3) is 2.96. The quantitative estimate of drug-likeness (QED) is 0.730. The highest BCUT2D eigenvalue weighted by atomic mass is 32.1. The van der Waals surface area contributed by atoms with Crippen LogP contribution in [0.15, 0.2) is 47.2 Å². The molecule has 4 rings (SSSR count). The molecule has 1 aliphatic heterocycles. The maximum atomic E-state index is 13.1. The lowest BCUT2D eigenvalue weighted by atomic mass is 9.85. The van der Waals surface area contributed by atoms with Crippen LogP contribution >= 0.6 is 11.3 Å². The number of aromatic nitrogens is 1. The Morgan fingerprint density at radius 3 is 2.83 bits per heavy atom. The highest BCUT2D eigenvalue weighted by molar-refractivity contribution is 7.18. The van der Waals surface area contributed by atoms with E-state index >= 15 is 0 Å². The number of furan rings is 1. The van der Waals surface area contributed by atoms with Crippen LogP contribution < -0.4 is 4.90 Å². The average molecular weight is 340 g/mol. The van der Waals surface area contributed by atoms with Crippen molar-refractivity contribution in [1.82, 2.24) is 4.98 Å². The van der Waals surface area contributed by atoms with Crippen molar-refractivity contribution in [2.75, 3.05) is 11.4 Å². The van der Waals surface area contributed by atoms with Crippen LogP contribution in [0.5, 0.6) is 0 Å². The first-order valence-electron chi connectivity index (χ1n) is 8.52. The van der Waals surface area contributed by atoms with Crippen molar-refractivity contribution in [2.24, 2.45) is 5.92 Å². The van der Waals surface area contributed by atoms with Crippen molar-refractivity contribution in [3.8, 4) is 11.5 Å². The Bertz CT molecular complexity index is 767.